The van der Waals surface area contributed by atoms with Crippen LogP contribution in [0.4, 0.5) is 4.79 Å². The number of carboxylic acid groups (broad SMARTS) is 1. The number of carbonyl (C=O) groups is 1. The Kier molecular flexibility index (Phi) is 2.47. The quantitative estimate of drug-likeness (QED) is 0.724. The molecule has 4 nitrogen and oxygen atoms in total. The number of hydrogen-bond donors (Lipinski definition) is 2. The Bertz CT molecular complexity index is 527. The molecule has 0 spiro atoms. The van der Waals surface area contributed by atoms with Crippen LogP contribution in [0.25, 0.3) is 10.9 Å². The second kappa shape index (κ2) is 3.78. The minimum Gasteiger partial charge on any atom is -0.505 e. The van der Waals surface area contributed by atoms with Crippen LogP contribution in [0.5, 0.6) is 5.75 Å². The van der Waals surface area contributed by atoms with Crippen molar-refractivity contribution in [3.05, 3.63) is 30.5 Å². The van der Waals surface area contributed by atoms with Gasteiger partial charge < -0.3 is 10.2 Å². The molecule has 0 saturated heterocycles. The summed E-state index contributed by atoms with van der Waals surface area (Å²) < 4.78 is 0. The fourth-order valence-electron chi connectivity index (χ4n) is 1.29. The maximum absolute atomic E-state index is 10.5. The van der Waals surface area contributed by atoms with E-state index in [1.165, 1.54) is 0 Å². The van der Waals surface area contributed by atoms with Crippen LogP contribution >= 0.6 is 11.8 Å². The third kappa shape index (κ3) is 1.87. The molecule has 15 heavy (non-hydrogen) atoms. The average molecular weight is 221 g/mol. The molecule has 0 aliphatic carbocycles. The zero-order valence-electron chi connectivity index (χ0n) is 7.54. The van der Waals surface area contributed by atoms with Gasteiger partial charge in [-0.1, -0.05) is 12.1 Å². The number of thioether (sulfide) groups is 1. The minimum atomic E-state index is -1.06. The van der Waals surface area contributed by atoms with Gasteiger partial charge in [0.15, 0.2) is 5.75 Å². The number of aromatic nitrogens is 1. The molecule has 2 rings (SSSR count). The first-order valence-corrected chi connectivity index (χ1v) is 4.97. The first-order valence-electron chi connectivity index (χ1n) is 4.16. The molecule has 1 aromatic heterocycles. The Labute approximate surface area is 89.6 Å². The zero-order chi connectivity index (χ0) is 10.8. The molecular formula is C10H7NO3S. The summed E-state index contributed by atoms with van der Waals surface area (Å²) in [6, 6.07) is 6.86. The maximum atomic E-state index is 10.5. The first kappa shape index (κ1) is 9.79. The molecule has 1 heterocycles. The third-order valence-corrected chi connectivity index (χ3v) is 2.63. The van der Waals surface area contributed by atoms with Crippen molar-refractivity contribution in [3.63, 3.8) is 0 Å². The van der Waals surface area contributed by atoms with Crippen LogP contribution < -0.4 is 0 Å². The van der Waals surface area contributed by atoms with E-state index in [-0.39, 0.29) is 5.75 Å². The Morgan fingerprint density at radius 1 is 1.33 bits per heavy atom. The smallest absolute Gasteiger partial charge is 0.369 e. The third-order valence-electron chi connectivity index (χ3n) is 1.91. The van der Waals surface area contributed by atoms with E-state index >= 15 is 0 Å². The summed E-state index contributed by atoms with van der Waals surface area (Å²) in [6.45, 7) is 0. The Morgan fingerprint density at radius 3 is 2.87 bits per heavy atom. The number of phenolic OH excluding ortho intramolecular Hbond substituents is 1. The molecule has 0 fully saturated rings. The van der Waals surface area contributed by atoms with Gasteiger partial charge in [0.2, 0.25) is 0 Å². The Hall–Kier alpha value is -1.75. The Balaban J connectivity index is 2.59. The molecule has 0 radical (unpaired) electrons. The van der Waals surface area contributed by atoms with Crippen LogP contribution in [0.1, 0.15) is 0 Å². The molecule has 0 amide bonds. The van der Waals surface area contributed by atoms with Gasteiger partial charge in [0, 0.05) is 11.6 Å². The lowest BCUT2D eigenvalue weighted by Gasteiger charge is -2.03. The largest absolute Gasteiger partial charge is 0.505 e. The van der Waals surface area contributed by atoms with Gasteiger partial charge in [0.05, 0.1) is 4.90 Å². The summed E-state index contributed by atoms with van der Waals surface area (Å²) in [4.78, 5) is 14.8. The number of fused-ring (bicyclic) bond motifs is 1. The molecule has 2 aromatic rings. The molecule has 2 N–H and O–H groups in total. The molecule has 0 unspecified atom stereocenters. The van der Waals surface area contributed by atoms with E-state index in [1.54, 1.807) is 30.5 Å². The number of nitrogens with zero attached hydrogens (tertiary/aromatic N) is 1. The molecule has 0 saturated carbocycles. The zero-order valence-corrected chi connectivity index (χ0v) is 8.36. The van der Waals surface area contributed by atoms with Crippen LogP contribution in [-0.2, 0) is 0 Å². The molecule has 0 aliphatic heterocycles. The topological polar surface area (TPSA) is 70.4 Å². The highest BCUT2D eigenvalue weighted by molar-refractivity contribution is 8.13. The van der Waals surface area contributed by atoms with Crippen LogP contribution in [0.3, 0.4) is 0 Å². The first-order chi connectivity index (χ1) is 7.18. The predicted molar refractivity (Wildman–Crippen MR) is 57.3 cm³/mol. The van der Waals surface area contributed by atoms with Crippen LogP contribution in [0.15, 0.2) is 35.4 Å². The lowest BCUT2D eigenvalue weighted by Crippen LogP contribution is -1.86. The van der Waals surface area contributed by atoms with Crippen molar-refractivity contribution in [1.29, 1.82) is 0 Å². The van der Waals surface area contributed by atoms with Crippen molar-refractivity contribution in [1.82, 2.24) is 4.98 Å². The van der Waals surface area contributed by atoms with Crippen LogP contribution in [-0.4, -0.2) is 20.5 Å². The number of phenols is 1. The van der Waals surface area contributed by atoms with Gasteiger partial charge in [-0.05, 0) is 23.9 Å². The summed E-state index contributed by atoms with van der Waals surface area (Å²) in [5, 5.41) is 18.1. The van der Waals surface area contributed by atoms with Gasteiger partial charge in [0.25, 0.3) is 0 Å². The van der Waals surface area contributed by atoms with Gasteiger partial charge in [-0.25, -0.2) is 4.79 Å². The average Bonchev–Trinajstić information content (AvgIpc) is 2.22. The van der Waals surface area contributed by atoms with Gasteiger partial charge in [-0.3, -0.25) is 4.98 Å². The van der Waals surface area contributed by atoms with Gasteiger partial charge in [-0.15, -0.1) is 0 Å². The number of hydrogen-bond acceptors (Lipinski definition) is 4. The second-order valence-electron chi connectivity index (χ2n) is 2.86. The summed E-state index contributed by atoms with van der Waals surface area (Å²) in [5.41, 5.74) is 0.420. The monoisotopic (exact) mass is 221 g/mol. The van der Waals surface area contributed by atoms with Crippen molar-refractivity contribution in [2.45, 2.75) is 4.90 Å². The maximum Gasteiger partial charge on any atom is 0.369 e. The minimum absolute atomic E-state index is 0.0829. The standard InChI is InChI=1S/C10H7NO3S/c12-9-7(15-10(13)14)4-3-6-2-1-5-11-8(6)9/h1-5,12H,(H,13,14). The molecular weight excluding hydrogens is 214 g/mol. The highest BCUT2D eigenvalue weighted by Gasteiger charge is 2.10. The van der Waals surface area contributed by atoms with E-state index in [0.717, 1.165) is 5.39 Å². The fraction of sp³-hybridized carbons (Fsp3) is 0. The van der Waals surface area contributed by atoms with E-state index in [4.69, 9.17) is 5.11 Å². The highest BCUT2D eigenvalue weighted by atomic mass is 32.2. The highest BCUT2D eigenvalue weighted by Crippen LogP contribution is 2.34. The number of benzene rings is 1. The van der Waals surface area contributed by atoms with Gasteiger partial charge in [0.1, 0.15) is 5.52 Å². The van der Waals surface area contributed by atoms with Crippen molar-refractivity contribution >= 4 is 28.0 Å². The normalized spacial score (nSPS) is 10.4. The van der Waals surface area contributed by atoms with E-state index in [0.29, 0.717) is 22.2 Å². The SMILES string of the molecule is O=C(O)Sc1ccc2cccnc2c1O. The van der Waals surface area contributed by atoms with E-state index in [9.17, 15) is 9.90 Å². The summed E-state index contributed by atoms with van der Waals surface area (Å²) >= 11 is 0.567. The van der Waals surface area contributed by atoms with Gasteiger partial charge >= 0.3 is 5.30 Å². The molecule has 5 heteroatoms. The molecule has 1 aromatic carbocycles. The van der Waals surface area contributed by atoms with Crippen molar-refractivity contribution < 1.29 is 15.0 Å². The molecule has 76 valence electrons. The fourth-order valence-corrected chi connectivity index (χ4v) is 1.81. The van der Waals surface area contributed by atoms with E-state index in [2.05, 4.69) is 4.98 Å². The lowest BCUT2D eigenvalue weighted by atomic mass is 10.2. The van der Waals surface area contributed by atoms with Crippen LogP contribution in [0, 0.1) is 0 Å². The Morgan fingerprint density at radius 2 is 2.13 bits per heavy atom. The number of rotatable bonds is 1. The van der Waals surface area contributed by atoms with Crippen molar-refractivity contribution in [3.8, 4) is 5.75 Å². The number of pyridine rings is 1. The predicted octanol–water partition coefficient (Wildman–Crippen LogP) is 2.71. The molecule has 0 atom stereocenters. The lowest BCUT2D eigenvalue weighted by molar-refractivity contribution is 0.222. The van der Waals surface area contributed by atoms with E-state index < -0.39 is 5.30 Å². The number of aromatic hydroxyl groups is 1. The summed E-state index contributed by atoms with van der Waals surface area (Å²) in [6.07, 6.45) is 1.55. The molecule has 0 aliphatic rings. The van der Waals surface area contributed by atoms with Crippen molar-refractivity contribution in [2.24, 2.45) is 0 Å². The van der Waals surface area contributed by atoms with Crippen molar-refractivity contribution in [2.75, 3.05) is 0 Å². The molecule has 0 bridgehead atoms. The van der Waals surface area contributed by atoms with E-state index in [1.807, 2.05) is 0 Å². The van der Waals surface area contributed by atoms with Gasteiger partial charge in [-0.2, -0.15) is 0 Å². The summed E-state index contributed by atoms with van der Waals surface area (Å²) in [5.74, 6) is -0.0829. The van der Waals surface area contributed by atoms with Crippen LogP contribution in [0.2, 0.25) is 0 Å². The summed E-state index contributed by atoms with van der Waals surface area (Å²) in [7, 11) is 0. The second-order valence-corrected chi connectivity index (χ2v) is 3.85.